The Morgan fingerprint density at radius 2 is 1.68 bits per heavy atom. The molecular formula is C28H24N4OS. The quantitative estimate of drug-likeness (QED) is 0.326. The van der Waals surface area contributed by atoms with Gasteiger partial charge in [0, 0.05) is 29.9 Å². The average Bonchev–Trinajstić information content (AvgIpc) is 3.56. The van der Waals surface area contributed by atoms with E-state index in [0.29, 0.717) is 6.54 Å². The van der Waals surface area contributed by atoms with Gasteiger partial charge in [-0.1, -0.05) is 78.9 Å². The van der Waals surface area contributed by atoms with Crippen LogP contribution in [0.15, 0.2) is 103 Å². The fourth-order valence-electron chi connectivity index (χ4n) is 3.85. The number of nitrogens with one attached hydrogen (secondary N) is 1. The van der Waals surface area contributed by atoms with Gasteiger partial charge in [0.25, 0.3) is 0 Å². The van der Waals surface area contributed by atoms with Crippen LogP contribution in [0.1, 0.15) is 16.8 Å². The van der Waals surface area contributed by atoms with E-state index in [-0.39, 0.29) is 12.3 Å². The van der Waals surface area contributed by atoms with E-state index in [1.807, 2.05) is 64.8 Å². The summed E-state index contributed by atoms with van der Waals surface area (Å²) in [6, 6.07) is 28.6. The van der Waals surface area contributed by atoms with Crippen LogP contribution in [0.25, 0.3) is 21.7 Å². The summed E-state index contributed by atoms with van der Waals surface area (Å²) in [5.41, 5.74) is 6.39. The molecule has 6 heteroatoms. The highest BCUT2D eigenvalue weighted by atomic mass is 32.1. The summed E-state index contributed by atoms with van der Waals surface area (Å²) in [6.45, 7) is 1.22. The molecule has 0 saturated heterocycles. The minimum Gasteiger partial charge on any atom is -0.352 e. The van der Waals surface area contributed by atoms with Crippen LogP contribution in [-0.4, -0.2) is 20.7 Å². The summed E-state index contributed by atoms with van der Waals surface area (Å²) in [5, 5.41) is 10.2. The molecule has 0 spiro atoms. The summed E-state index contributed by atoms with van der Waals surface area (Å²) < 4.78 is 1.91. The fourth-order valence-corrected chi connectivity index (χ4v) is 4.67. The fraction of sp³-hybridized carbons (Fsp3) is 0.107. The Morgan fingerprint density at radius 1 is 0.882 bits per heavy atom. The van der Waals surface area contributed by atoms with Crippen LogP contribution in [0, 0.1) is 0 Å². The van der Waals surface area contributed by atoms with E-state index in [9.17, 15) is 4.79 Å². The molecule has 0 radical (unpaired) electrons. The number of rotatable bonds is 8. The van der Waals surface area contributed by atoms with Crippen LogP contribution in [0.4, 0.5) is 0 Å². The van der Waals surface area contributed by atoms with Gasteiger partial charge in [-0.2, -0.15) is 5.10 Å². The first-order valence-electron chi connectivity index (χ1n) is 11.2. The number of nitrogens with zero attached hydrogens (tertiary/aromatic N) is 3. The van der Waals surface area contributed by atoms with Gasteiger partial charge in [0.2, 0.25) is 5.91 Å². The van der Waals surface area contributed by atoms with Gasteiger partial charge in [-0.15, -0.1) is 11.3 Å². The number of aromatic nitrogens is 3. The zero-order valence-corrected chi connectivity index (χ0v) is 19.4. The molecule has 0 aliphatic rings. The largest absolute Gasteiger partial charge is 0.352 e. The van der Waals surface area contributed by atoms with Crippen LogP contribution in [0.3, 0.4) is 0 Å². The standard InChI is InChI=1S/C28H24N4OS/c33-27(17-25-20-34-28(31-25)23-7-2-1-3-8-23)29-18-24-9-4-5-10-26(24)22-13-11-21(12-14-22)19-32-16-6-15-30-32/h1-16,20H,17-19H2,(H,29,33). The highest BCUT2D eigenvalue weighted by Crippen LogP contribution is 2.25. The van der Waals surface area contributed by atoms with Crippen molar-refractivity contribution in [3.05, 3.63) is 120 Å². The molecule has 0 atom stereocenters. The lowest BCUT2D eigenvalue weighted by Gasteiger charge is -2.12. The zero-order valence-electron chi connectivity index (χ0n) is 18.6. The molecule has 0 bridgehead atoms. The summed E-state index contributed by atoms with van der Waals surface area (Å²) >= 11 is 1.56. The van der Waals surface area contributed by atoms with E-state index in [4.69, 9.17) is 0 Å². The van der Waals surface area contributed by atoms with Crippen LogP contribution in [0.5, 0.6) is 0 Å². The van der Waals surface area contributed by atoms with E-state index in [1.54, 1.807) is 17.5 Å². The molecule has 5 aromatic rings. The highest BCUT2D eigenvalue weighted by Gasteiger charge is 2.11. The Labute approximate surface area is 202 Å². The third kappa shape index (κ3) is 5.30. The molecule has 1 N–H and O–H groups in total. The van der Waals surface area contributed by atoms with Crippen molar-refractivity contribution >= 4 is 17.2 Å². The Balaban J connectivity index is 1.22. The van der Waals surface area contributed by atoms with Gasteiger partial charge < -0.3 is 5.32 Å². The summed E-state index contributed by atoms with van der Waals surface area (Å²) in [6.07, 6.45) is 4.02. The number of thiazole rings is 1. The van der Waals surface area contributed by atoms with Crippen LogP contribution in [-0.2, 0) is 24.3 Å². The summed E-state index contributed by atoms with van der Waals surface area (Å²) in [7, 11) is 0. The number of hydrogen-bond acceptors (Lipinski definition) is 4. The number of hydrogen-bond donors (Lipinski definition) is 1. The average molecular weight is 465 g/mol. The van der Waals surface area contributed by atoms with Crippen molar-refractivity contribution < 1.29 is 4.79 Å². The smallest absolute Gasteiger partial charge is 0.226 e. The molecule has 3 aromatic carbocycles. The van der Waals surface area contributed by atoms with Gasteiger partial charge in [0.15, 0.2) is 0 Å². The SMILES string of the molecule is O=C(Cc1csc(-c2ccccc2)n1)NCc1ccccc1-c1ccc(Cn2cccn2)cc1. The molecule has 2 heterocycles. The van der Waals surface area contributed by atoms with Gasteiger partial charge in [-0.3, -0.25) is 9.48 Å². The number of carbonyl (C=O) groups is 1. The van der Waals surface area contributed by atoms with E-state index in [1.165, 1.54) is 5.56 Å². The third-order valence-electron chi connectivity index (χ3n) is 5.58. The van der Waals surface area contributed by atoms with E-state index < -0.39 is 0 Å². The van der Waals surface area contributed by atoms with E-state index >= 15 is 0 Å². The van der Waals surface area contributed by atoms with Crippen molar-refractivity contribution in [2.45, 2.75) is 19.5 Å². The Morgan fingerprint density at radius 3 is 2.47 bits per heavy atom. The first-order valence-corrected chi connectivity index (χ1v) is 12.0. The van der Waals surface area contributed by atoms with Crippen molar-refractivity contribution in [1.29, 1.82) is 0 Å². The maximum absolute atomic E-state index is 12.6. The second-order valence-corrected chi connectivity index (χ2v) is 8.88. The molecule has 2 aromatic heterocycles. The molecule has 5 rings (SSSR count). The molecule has 5 nitrogen and oxygen atoms in total. The monoisotopic (exact) mass is 464 g/mol. The summed E-state index contributed by atoms with van der Waals surface area (Å²) in [5.74, 6) is -0.0331. The van der Waals surface area contributed by atoms with Gasteiger partial charge >= 0.3 is 0 Å². The highest BCUT2D eigenvalue weighted by molar-refractivity contribution is 7.13. The Kier molecular flexibility index (Phi) is 6.59. The lowest BCUT2D eigenvalue weighted by molar-refractivity contribution is -0.120. The molecule has 34 heavy (non-hydrogen) atoms. The van der Waals surface area contributed by atoms with Crippen molar-refractivity contribution in [1.82, 2.24) is 20.1 Å². The number of carbonyl (C=O) groups excluding carboxylic acids is 1. The first kappa shape index (κ1) is 21.8. The molecule has 0 aliphatic heterocycles. The van der Waals surface area contributed by atoms with Gasteiger partial charge in [0.1, 0.15) is 5.01 Å². The predicted octanol–water partition coefficient (Wildman–Crippen LogP) is 5.58. The molecule has 0 fully saturated rings. The van der Waals surface area contributed by atoms with Crippen molar-refractivity contribution in [2.24, 2.45) is 0 Å². The maximum Gasteiger partial charge on any atom is 0.226 e. The van der Waals surface area contributed by atoms with Crippen molar-refractivity contribution in [2.75, 3.05) is 0 Å². The van der Waals surface area contributed by atoms with Gasteiger partial charge in [0.05, 0.1) is 18.7 Å². The minimum absolute atomic E-state index is 0.0331. The number of benzene rings is 3. The van der Waals surface area contributed by atoms with Crippen molar-refractivity contribution in [3.8, 4) is 21.7 Å². The van der Waals surface area contributed by atoms with Crippen molar-refractivity contribution in [3.63, 3.8) is 0 Å². The summed E-state index contributed by atoms with van der Waals surface area (Å²) in [4.78, 5) is 17.2. The van der Waals surface area contributed by atoms with Crippen LogP contribution < -0.4 is 5.32 Å². The maximum atomic E-state index is 12.6. The molecular weight excluding hydrogens is 440 g/mol. The zero-order chi connectivity index (χ0) is 23.2. The molecule has 168 valence electrons. The third-order valence-corrected chi connectivity index (χ3v) is 6.52. The van der Waals surface area contributed by atoms with E-state index in [0.717, 1.165) is 39.5 Å². The second-order valence-electron chi connectivity index (χ2n) is 8.02. The minimum atomic E-state index is -0.0331. The molecule has 0 unspecified atom stereocenters. The van der Waals surface area contributed by atoms with Gasteiger partial charge in [-0.05, 0) is 28.3 Å². The van der Waals surface area contributed by atoms with E-state index in [2.05, 4.69) is 51.8 Å². The lowest BCUT2D eigenvalue weighted by atomic mass is 9.98. The molecule has 0 saturated carbocycles. The molecule has 0 aliphatic carbocycles. The topological polar surface area (TPSA) is 59.8 Å². The van der Waals surface area contributed by atoms with Crippen LogP contribution in [0.2, 0.25) is 0 Å². The Bertz CT molecular complexity index is 1360. The Hall–Kier alpha value is -4.03. The van der Waals surface area contributed by atoms with Gasteiger partial charge in [-0.25, -0.2) is 4.98 Å². The molecule has 1 amide bonds. The predicted molar refractivity (Wildman–Crippen MR) is 136 cm³/mol. The first-order chi connectivity index (χ1) is 16.7. The normalized spacial score (nSPS) is 10.8. The lowest BCUT2D eigenvalue weighted by Crippen LogP contribution is -2.25. The number of amides is 1. The van der Waals surface area contributed by atoms with Crippen LogP contribution >= 0.6 is 11.3 Å². The second kappa shape index (κ2) is 10.3.